The second-order valence-electron chi connectivity index (χ2n) is 8.95. The number of nitrogen functional groups attached to an aromatic ring is 2. The van der Waals surface area contributed by atoms with Gasteiger partial charge in [0.05, 0.1) is 50.7 Å². The van der Waals surface area contributed by atoms with Crippen molar-refractivity contribution in [2.24, 2.45) is 0 Å². The van der Waals surface area contributed by atoms with E-state index in [1.165, 1.54) is 19.0 Å². The van der Waals surface area contributed by atoms with E-state index >= 15 is 0 Å². The van der Waals surface area contributed by atoms with Crippen LogP contribution in [0.3, 0.4) is 0 Å². The summed E-state index contributed by atoms with van der Waals surface area (Å²) < 4.78 is 38.1. The summed E-state index contributed by atoms with van der Waals surface area (Å²) in [4.78, 5) is 37.3. The molecule has 19 heteroatoms. The zero-order valence-electron chi connectivity index (χ0n) is 20.8. The standard InChI is InChI=1S/C20H25N10O7P.Na/c21-17-15-19(25-6-23-17)29(8-27-15)10-1-11(34-4-10)5-35-38(32,33)37-12-2-14(36-13(12)3-31)30-9-28-16-18(22)24-7-26-20(16)30;/h6-14,31H,1-5H2,(H,32,33)(H2,21,23,25)(H2,22,24,26);/q;+1/p-1/t10-,11-,12?,13?,14+;/m0./s1. The minimum atomic E-state index is -4.78. The third kappa shape index (κ3) is 5.52. The van der Waals surface area contributed by atoms with E-state index in [0.29, 0.717) is 35.4 Å². The van der Waals surface area contributed by atoms with Gasteiger partial charge in [-0.05, 0) is 6.42 Å². The topological polar surface area (TPSA) is 237 Å². The molecule has 4 aromatic heterocycles. The third-order valence-electron chi connectivity index (χ3n) is 6.58. The molecule has 2 aliphatic heterocycles. The van der Waals surface area contributed by atoms with Crippen molar-refractivity contribution in [3.63, 3.8) is 0 Å². The number of aliphatic hydroxyl groups excluding tert-OH is 1. The SMILES string of the molecule is Nc1ncnc2c1ncn2[C@@H]1CO[C@H](COP(=O)([O-])OC2C[C@H](n3cnc4c(N)ncnc43)OC2CO)C1.[Na+]. The average molecular weight is 570 g/mol. The molecule has 17 nitrogen and oxygen atoms in total. The van der Waals surface area contributed by atoms with Gasteiger partial charge in [0, 0.05) is 6.42 Å². The Labute approximate surface area is 242 Å². The summed E-state index contributed by atoms with van der Waals surface area (Å²) in [6.07, 6.45) is 3.14. The van der Waals surface area contributed by atoms with E-state index < -0.39 is 39.0 Å². The fourth-order valence-corrected chi connectivity index (χ4v) is 5.69. The van der Waals surface area contributed by atoms with Crippen molar-refractivity contribution in [3.05, 3.63) is 25.3 Å². The van der Waals surface area contributed by atoms with Crippen molar-refractivity contribution in [2.75, 3.05) is 31.3 Å². The van der Waals surface area contributed by atoms with E-state index in [0.717, 1.165) is 0 Å². The molecule has 202 valence electrons. The van der Waals surface area contributed by atoms with E-state index in [2.05, 4.69) is 29.9 Å². The van der Waals surface area contributed by atoms with Gasteiger partial charge in [0.25, 0.3) is 7.82 Å². The molecule has 2 aliphatic rings. The quantitative estimate of drug-likeness (QED) is 0.137. The van der Waals surface area contributed by atoms with Crippen LogP contribution in [0.4, 0.5) is 11.6 Å². The first-order valence-electron chi connectivity index (χ1n) is 11.7. The summed E-state index contributed by atoms with van der Waals surface area (Å²) in [5, 5.41) is 9.77. The van der Waals surface area contributed by atoms with Crippen LogP contribution in [0.2, 0.25) is 0 Å². The number of aromatic nitrogens is 8. The molecule has 0 amide bonds. The van der Waals surface area contributed by atoms with E-state index in [4.69, 9.17) is 30.0 Å². The molecule has 4 aromatic rings. The van der Waals surface area contributed by atoms with Crippen LogP contribution in [-0.4, -0.2) is 82.3 Å². The van der Waals surface area contributed by atoms with Crippen LogP contribution in [0, 0.1) is 0 Å². The average Bonchev–Trinajstić information content (AvgIpc) is 3.68. The Morgan fingerprint density at radius 2 is 1.67 bits per heavy atom. The number of anilines is 2. The molecule has 0 aromatic carbocycles. The summed E-state index contributed by atoms with van der Waals surface area (Å²) in [5.41, 5.74) is 13.5. The van der Waals surface area contributed by atoms with Gasteiger partial charge in [0.2, 0.25) is 0 Å². The van der Waals surface area contributed by atoms with Gasteiger partial charge in [-0.2, -0.15) is 0 Å². The third-order valence-corrected chi connectivity index (χ3v) is 7.57. The van der Waals surface area contributed by atoms with Crippen LogP contribution in [0.1, 0.15) is 25.1 Å². The van der Waals surface area contributed by atoms with Gasteiger partial charge in [-0.3, -0.25) is 9.13 Å². The van der Waals surface area contributed by atoms with Gasteiger partial charge in [0.15, 0.2) is 22.9 Å². The molecule has 0 radical (unpaired) electrons. The number of hydrogen-bond donors (Lipinski definition) is 3. The first-order valence-corrected chi connectivity index (χ1v) is 13.2. The number of aliphatic hydroxyl groups is 1. The summed E-state index contributed by atoms with van der Waals surface area (Å²) in [6.45, 7) is -0.402. The van der Waals surface area contributed by atoms with Crippen LogP contribution in [0.15, 0.2) is 25.3 Å². The van der Waals surface area contributed by atoms with Crippen molar-refractivity contribution in [3.8, 4) is 0 Å². The van der Waals surface area contributed by atoms with Gasteiger partial charge in [0.1, 0.15) is 36.0 Å². The van der Waals surface area contributed by atoms with Gasteiger partial charge in [-0.25, -0.2) is 29.9 Å². The first kappa shape index (κ1) is 28.2. The predicted molar refractivity (Wildman–Crippen MR) is 127 cm³/mol. The molecule has 39 heavy (non-hydrogen) atoms. The predicted octanol–water partition coefficient (Wildman–Crippen LogP) is -3.69. The number of rotatable bonds is 8. The Kier molecular flexibility index (Phi) is 8.17. The molecule has 6 atom stereocenters. The molecule has 0 spiro atoms. The molecule has 6 heterocycles. The van der Waals surface area contributed by atoms with E-state index in [1.54, 1.807) is 10.9 Å². The fourth-order valence-electron chi connectivity index (χ4n) is 4.73. The number of imidazole rings is 2. The van der Waals surface area contributed by atoms with E-state index in [1.807, 2.05) is 4.57 Å². The Balaban J connectivity index is 0.00000308. The largest absolute Gasteiger partial charge is 1.00 e. The summed E-state index contributed by atoms with van der Waals surface area (Å²) in [7, 11) is -4.78. The number of fused-ring (bicyclic) bond motifs is 2. The molecule has 0 saturated carbocycles. The minimum absolute atomic E-state index is 0. The second kappa shape index (κ2) is 11.3. The number of phosphoric acid groups is 1. The summed E-state index contributed by atoms with van der Waals surface area (Å²) >= 11 is 0. The second-order valence-corrected chi connectivity index (χ2v) is 10.3. The van der Waals surface area contributed by atoms with Crippen LogP contribution in [0.25, 0.3) is 22.3 Å². The van der Waals surface area contributed by atoms with Gasteiger partial charge in [-0.1, -0.05) is 0 Å². The smallest absolute Gasteiger partial charge is 0.756 e. The van der Waals surface area contributed by atoms with Crippen molar-refractivity contribution in [1.29, 1.82) is 0 Å². The molecule has 5 N–H and O–H groups in total. The fraction of sp³-hybridized carbons (Fsp3) is 0.500. The molecule has 0 aliphatic carbocycles. The van der Waals surface area contributed by atoms with Crippen molar-refractivity contribution < 1.29 is 62.6 Å². The molecular formula is C20H24N10NaO7P. The Hall–Kier alpha value is -2.31. The maximum atomic E-state index is 12.7. The van der Waals surface area contributed by atoms with Crippen LogP contribution < -0.4 is 45.9 Å². The molecule has 2 fully saturated rings. The minimum Gasteiger partial charge on any atom is -0.756 e. The molecular weight excluding hydrogens is 546 g/mol. The number of hydrogen-bond acceptors (Lipinski definition) is 15. The monoisotopic (exact) mass is 570 g/mol. The van der Waals surface area contributed by atoms with Crippen molar-refractivity contribution in [1.82, 2.24) is 39.0 Å². The van der Waals surface area contributed by atoms with Crippen LogP contribution in [-0.2, 0) is 23.1 Å². The normalized spacial score (nSPS) is 26.7. The summed E-state index contributed by atoms with van der Waals surface area (Å²) in [5.74, 6) is 0.473. The summed E-state index contributed by atoms with van der Waals surface area (Å²) in [6, 6.07) is -0.138. The Morgan fingerprint density at radius 3 is 2.33 bits per heavy atom. The van der Waals surface area contributed by atoms with Gasteiger partial charge < -0.3 is 44.6 Å². The molecule has 3 unspecified atom stereocenters. The maximum absolute atomic E-state index is 12.7. The maximum Gasteiger partial charge on any atom is 1.00 e. The number of nitrogens with two attached hydrogens (primary N) is 2. The van der Waals surface area contributed by atoms with E-state index in [-0.39, 0.29) is 60.3 Å². The Morgan fingerprint density at radius 1 is 1.03 bits per heavy atom. The number of nitrogens with zero attached hydrogens (tertiary/aromatic N) is 8. The zero-order valence-corrected chi connectivity index (χ0v) is 23.7. The number of ether oxygens (including phenoxy) is 2. The Bertz CT molecular complexity index is 1520. The zero-order chi connectivity index (χ0) is 26.4. The van der Waals surface area contributed by atoms with Crippen LogP contribution in [0.5, 0.6) is 0 Å². The molecule has 6 rings (SSSR count). The number of phosphoric ester groups is 1. The van der Waals surface area contributed by atoms with E-state index in [9.17, 15) is 14.6 Å². The van der Waals surface area contributed by atoms with Crippen LogP contribution >= 0.6 is 7.82 Å². The molecule has 2 saturated heterocycles. The van der Waals surface area contributed by atoms with Gasteiger partial charge >= 0.3 is 29.6 Å². The van der Waals surface area contributed by atoms with Crippen molar-refractivity contribution >= 4 is 41.8 Å². The van der Waals surface area contributed by atoms with Gasteiger partial charge in [-0.15, -0.1) is 0 Å². The first-order chi connectivity index (χ1) is 18.3. The molecule has 0 bridgehead atoms. The van der Waals surface area contributed by atoms with Crippen molar-refractivity contribution in [2.45, 2.75) is 43.4 Å².